The maximum absolute atomic E-state index is 12.8. The van der Waals surface area contributed by atoms with Crippen molar-refractivity contribution >= 4 is 39.3 Å². The van der Waals surface area contributed by atoms with Crippen LogP contribution in [0.2, 0.25) is 0 Å². The Morgan fingerprint density at radius 3 is 2.67 bits per heavy atom. The second-order valence-electron chi connectivity index (χ2n) is 10.6. The van der Waals surface area contributed by atoms with E-state index in [0.717, 1.165) is 83.5 Å². The molecular formula is C29H31N9O. The van der Waals surface area contributed by atoms with Crippen LogP contribution in [0.25, 0.3) is 44.7 Å². The van der Waals surface area contributed by atoms with Crippen LogP contribution in [0.5, 0.6) is 0 Å². The SMILES string of the molecule is O=C(Nc1cncc(-c2cc3c(-c4nc5c(N6CCCCC6)nccc5[nH]4)n[nH]c3cn2)c1)C1CCCCC1. The van der Waals surface area contributed by atoms with Crippen molar-refractivity contribution in [2.24, 2.45) is 5.92 Å². The van der Waals surface area contributed by atoms with Crippen LogP contribution in [0, 0.1) is 5.92 Å². The van der Waals surface area contributed by atoms with Crippen LogP contribution in [0.15, 0.2) is 43.0 Å². The summed E-state index contributed by atoms with van der Waals surface area (Å²) in [5.74, 6) is 1.78. The van der Waals surface area contributed by atoms with Crippen molar-refractivity contribution in [3.8, 4) is 22.8 Å². The van der Waals surface area contributed by atoms with Crippen LogP contribution in [0.1, 0.15) is 51.4 Å². The van der Waals surface area contributed by atoms with Crippen LogP contribution in [0.3, 0.4) is 0 Å². The first-order valence-corrected chi connectivity index (χ1v) is 13.9. The summed E-state index contributed by atoms with van der Waals surface area (Å²) >= 11 is 0. The number of H-pyrrole nitrogens is 2. The Morgan fingerprint density at radius 2 is 1.79 bits per heavy atom. The van der Waals surface area contributed by atoms with Gasteiger partial charge in [-0.3, -0.25) is 19.9 Å². The molecule has 2 aliphatic rings. The highest BCUT2D eigenvalue weighted by molar-refractivity contribution is 5.97. The standard InChI is InChI=1S/C29H31N9O/c39-29(18-7-3-1-4-8-18)33-20-13-19(15-30-16-20)23-14-21-24(17-32-23)36-37-25(21)27-34-22-9-10-31-28(26(22)35-27)38-11-5-2-6-12-38/h9-10,13-18H,1-8,11-12H2,(H,33,39)(H,34,35)(H,36,37). The topological polar surface area (TPSA) is 128 Å². The number of piperidine rings is 1. The smallest absolute Gasteiger partial charge is 0.227 e. The van der Waals surface area contributed by atoms with Gasteiger partial charge in [-0.1, -0.05) is 19.3 Å². The van der Waals surface area contributed by atoms with Crippen molar-refractivity contribution in [1.29, 1.82) is 0 Å². The van der Waals surface area contributed by atoms with Crippen molar-refractivity contribution in [2.45, 2.75) is 51.4 Å². The minimum atomic E-state index is 0.0810. The number of carbonyl (C=O) groups excluding carboxylic acids is 1. The van der Waals surface area contributed by atoms with E-state index in [4.69, 9.17) is 4.98 Å². The molecule has 6 heterocycles. The Balaban J connectivity index is 1.20. The molecule has 1 aliphatic carbocycles. The first-order chi connectivity index (χ1) is 19.2. The maximum Gasteiger partial charge on any atom is 0.227 e. The van der Waals surface area contributed by atoms with Crippen LogP contribution in [0.4, 0.5) is 11.5 Å². The summed E-state index contributed by atoms with van der Waals surface area (Å²) in [5.41, 5.74) is 5.61. The van der Waals surface area contributed by atoms with Gasteiger partial charge >= 0.3 is 0 Å². The van der Waals surface area contributed by atoms with E-state index in [0.29, 0.717) is 11.5 Å². The summed E-state index contributed by atoms with van der Waals surface area (Å²) in [5, 5.41) is 11.6. The molecule has 1 saturated heterocycles. The third-order valence-corrected chi connectivity index (χ3v) is 7.99. The summed E-state index contributed by atoms with van der Waals surface area (Å²) in [6.45, 7) is 2.01. The Labute approximate surface area is 225 Å². The largest absolute Gasteiger partial charge is 0.355 e. The molecule has 7 rings (SSSR count). The molecule has 3 N–H and O–H groups in total. The fourth-order valence-corrected chi connectivity index (χ4v) is 5.88. The van der Waals surface area contributed by atoms with Gasteiger partial charge in [-0.05, 0) is 50.3 Å². The molecule has 10 heteroatoms. The molecule has 198 valence electrons. The Hall–Kier alpha value is -4.34. The Kier molecular flexibility index (Phi) is 6.14. The van der Waals surface area contributed by atoms with Gasteiger partial charge in [-0.25, -0.2) is 9.97 Å². The highest BCUT2D eigenvalue weighted by Gasteiger charge is 2.22. The van der Waals surface area contributed by atoms with E-state index in [1.165, 1.54) is 25.7 Å². The van der Waals surface area contributed by atoms with Gasteiger partial charge in [-0.2, -0.15) is 5.10 Å². The van der Waals surface area contributed by atoms with E-state index in [1.54, 1.807) is 18.6 Å². The number of rotatable bonds is 5. The normalized spacial score (nSPS) is 16.7. The summed E-state index contributed by atoms with van der Waals surface area (Å²) < 4.78 is 0. The fraction of sp³-hybridized carbons (Fsp3) is 0.379. The van der Waals surface area contributed by atoms with Crippen LogP contribution < -0.4 is 10.2 Å². The number of imidazole rings is 1. The lowest BCUT2D eigenvalue weighted by Crippen LogP contribution is -2.30. The number of nitrogens with one attached hydrogen (secondary N) is 3. The van der Waals surface area contributed by atoms with Gasteiger partial charge in [0.1, 0.15) is 11.2 Å². The first kappa shape index (κ1) is 23.8. The number of aromatic amines is 2. The Morgan fingerprint density at radius 1 is 0.949 bits per heavy atom. The predicted molar refractivity (Wildman–Crippen MR) is 151 cm³/mol. The van der Waals surface area contributed by atoms with Crippen molar-refractivity contribution in [2.75, 3.05) is 23.3 Å². The predicted octanol–water partition coefficient (Wildman–Crippen LogP) is 5.47. The number of anilines is 2. The molecule has 0 spiro atoms. The average Bonchev–Trinajstić information content (AvgIpc) is 3.62. The van der Waals surface area contributed by atoms with Crippen molar-refractivity contribution in [3.05, 3.63) is 43.0 Å². The number of hydrogen-bond acceptors (Lipinski definition) is 7. The zero-order valence-electron chi connectivity index (χ0n) is 21.8. The maximum atomic E-state index is 12.8. The van der Waals surface area contributed by atoms with E-state index in [1.807, 2.05) is 24.4 Å². The van der Waals surface area contributed by atoms with Gasteiger partial charge in [0.15, 0.2) is 11.6 Å². The summed E-state index contributed by atoms with van der Waals surface area (Å²) in [4.78, 5) is 37.2. The Bertz CT molecular complexity index is 1640. The highest BCUT2D eigenvalue weighted by atomic mass is 16.1. The van der Waals surface area contributed by atoms with Gasteiger partial charge in [0, 0.05) is 42.4 Å². The highest BCUT2D eigenvalue weighted by Crippen LogP contribution is 2.32. The number of carbonyl (C=O) groups is 1. The van der Waals surface area contributed by atoms with Gasteiger partial charge in [-0.15, -0.1) is 0 Å². The zero-order valence-corrected chi connectivity index (χ0v) is 21.8. The zero-order chi connectivity index (χ0) is 26.2. The first-order valence-electron chi connectivity index (χ1n) is 13.9. The van der Waals surface area contributed by atoms with Crippen molar-refractivity contribution in [3.63, 3.8) is 0 Å². The molecular weight excluding hydrogens is 490 g/mol. The molecule has 0 bridgehead atoms. The van der Waals surface area contributed by atoms with Crippen LogP contribution >= 0.6 is 0 Å². The number of pyridine rings is 3. The summed E-state index contributed by atoms with van der Waals surface area (Å²) in [6.07, 6.45) is 16.1. The van der Waals surface area contributed by atoms with Gasteiger partial charge in [0.25, 0.3) is 0 Å². The minimum Gasteiger partial charge on any atom is -0.355 e. The third-order valence-electron chi connectivity index (χ3n) is 7.99. The fourth-order valence-electron chi connectivity index (χ4n) is 5.88. The second-order valence-corrected chi connectivity index (χ2v) is 10.6. The van der Waals surface area contributed by atoms with Crippen molar-refractivity contribution in [1.82, 2.24) is 35.1 Å². The molecule has 1 amide bonds. The molecule has 0 radical (unpaired) electrons. The molecule has 0 unspecified atom stereocenters. The molecule has 2 fully saturated rings. The summed E-state index contributed by atoms with van der Waals surface area (Å²) in [7, 11) is 0. The number of nitrogens with zero attached hydrogens (tertiary/aromatic N) is 6. The molecule has 39 heavy (non-hydrogen) atoms. The van der Waals surface area contributed by atoms with Gasteiger partial charge < -0.3 is 15.2 Å². The minimum absolute atomic E-state index is 0.0810. The molecule has 0 aromatic carbocycles. The molecule has 5 aromatic heterocycles. The number of hydrogen-bond donors (Lipinski definition) is 3. The molecule has 5 aromatic rings. The lowest BCUT2D eigenvalue weighted by Gasteiger charge is -2.27. The van der Waals surface area contributed by atoms with E-state index >= 15 is 0 Å². The van der Waals surface area contributed by atoms with Crippen LogP contribution in [-0.2, 0) is 4.79 Å². The summed E-state index contributed by atoms with van der Waals surface area (Å²) in [6, 6.07) is 5.88. The quantitative estimate of drug-likeness (QED) is 0.280. The van der Waals surface area contributed by atoms with Crippen molar-refractivity contribution < 1.29 is 4.79 Å². The van der Waals surface area contributed by atoms with Crippen LogP contribution in [-0.4, -0.2) is 54.1 Å². The lowest BCUT2D eigenvalue weighted by atomic mass is 9.88. The molecule has 10 nitrogen and oxygen atoms in total. The van der Waals surface area contributed by atoms with E-state index in [9.17, 15) is 4.79 Å². The average molecular weight is 522 g/mol. The second kappa shape index (κ2) is 10.1. The van der Waals surface area contributed by atoms with E-state index in [-0.39, 0.29) is 11.8 Å². The lowest BCUT2D eigenvalue weighted by molar-refractivity contribution is -0.120. The third kappa shape index (κ3) is 4.60. The molecule has 1 aliphatic heterocycles. The number of amides is 1. The number of aromatic nitrogens is 7. The van der Waals surface area contributed by atoms with E-state index in [2.05, 4.69) is 40.3 Å². The van der Waals surface area contributed by atoms with Gasteiger partial charge in [0.2, 0.25) is 5.91 Å². The molecule has 0 atom stereocenters. The monoisotopic (exact) mass is 521 g/mol. The molecule has 1 saturated carbocycles. The number of fused-ring (bicyclic) bond motifs is 2. The van der Waals surface area contributed by atoms with Gasteiger partial charge in [0.05, 0.1) is 34.8 Å². The van der Waals surface area contributed by atoms with E-state index < -0.39 is 0 Å².